The lowest BCUT2D eigenvalue weighted by molar-refractivity contribution is 0.423. The van der Waals surface area contributed by atoms with Gasteiger partial charge in [-0.2, -0.15) is 0 Å². The Balaban J connectivity index is 1.81. The highest BCUT2D eigenvalue weighted by molar-refractivity contribution is 7.99. The van der Waals surface area contributed by atoms with Crippen molar-refractivity contribution in [2.45, 2.75) is 48.3 Å². The predicted octanol–water partition coefficient (Wildman–Crippen LogP) is 2.40. The van der Waals surface area contributed by atoms with Crippen LogP contribution >= 0.6 is 11.8 Å². The Labute approximate surface area is 116 Å². The van der Waals surface area contributed by atoms with Crippen LogP contribution < -0.4 is 5.73 Å². The van der Waals surface area contributed by atoms with Crippen LogP contribution in [0.15, 0.2) is 34.3 Å². The highest BCUT2D eigenvalue weighted by Crippen LogP contribution is 2.33. The van der Waals surface area contributed by atoms with Crippen molar-refractivity contribution in [2.75, 3.05) is 0 Å². The molecule has 2 aromatic rings. The number of rotatable bonds is 4. The summed E-state index contributed by atoms with van der Waals surface area (Å²) in [5.41, 5.74) is 6.80. The second-order valence-electron chi connectivity index (χ2n) is 4.80. The van der Waals surface area contributed by atoms with Gasteiger partial charge in [0.1, 0.15) is 0 Å². The molecule has 5 nitrogen and oxygen atoms in total. The molecule has 19 heavy (non-hydrogen) atoms. The first-order valence-electron chi connectivity index (χ1n) is 6.61. The van der Waals surface area contributed by atoms with Crippen molar-refractivity contribution >= 4 is 11.8 Å². The fraction of sp³-hybridized carbons (Fsp3) is 0.462. The van der Waals surface area contributed by atoms with Crippen LogP contribution in [0.25, 0.3) is 0 Å². The summed E-state index contributed by atoms with van der Waals surface area (Å²) in [4.78, 5) is 1.14. The molecule has 0 aliphatic heterocycles. The normalized spacial score (nSPS) is 16.1. The van der Waals surface area contributed by atoms with Crippen LogP contribution in [0, 0.1) is 0 Å². The zero-order valence-electron chi connectivity index (χ0n) is 10.7. The third-order valence-electron chi connectivity index (χ3n) is 3.48. The van der Waals surface area contributed by atoms with Crippen molar-refractivity contribution in [2.24, 2.45) is 5.73 Å². The van der Waals surface area contributed by atoms with Crippen molar-refractivity contribution in [3.8, 4) is 0 Å². The van der Waals surface area contributed by atoms with E-state index in [0.29, 0.717) is 12.6 Å². The van der Waals surface area contributed by atoms with Crippen LogP contribution in [0.4, 0.5) is 0 Å². The van der Waals surface area contributed by atoms with Gasteiger partial charge >= 0.3 is 0 Å². The van der Waals surface area contributed by atoms with Gasteiger partial charge in [0.2, 0.25) is 5.16 Å². The quantitative estimate of drug-likeness (QED) is 0.927. The first-order chi connectivity index (χ1) is 9.36. The molecule has 1 aromatic carbocycles. The lowest BCUT2D eigenvalue weighted by Crippen LogP contribution is -2.08. The molecular formula is C13H17N5S. The zero-order chi connectivity index (χ0) is 13.1. The molecule has 0 bridgehead atoms. The average molecular weight is 275 g/mol. The van der Waals surface area contributed by atoms with E-state index in [1.165, 1.54) is 25.7 Å². The average Bonchev–Trinajstić information content (AvgIpc) is 3.09. The fourth-order valence-corrected chi connectivity index (χ4v) is 3.40. The lowest BCUT2D eigenvalue weighted by atomic mass is 10.2. The summed E-state index contributed by atoms with van der Waals surface area (Å²) >= 11 is 1.61. The Kier molecular flexibility index (Phi) is 3.79. The molecule has 1 aromatic heterocycles. The third-order valence-corrected chi connectivity index (χ3v) is 4.42. The number of nitrogens with zero attached hydrogens (tertiary/aromatic N) is 4. The Morgan fingerprint density at radius 3 is 2.95 bits per heavy atom. The third kappa shape index (κ3) is 2.79. The van der Waals surface area contributed by atoms with Gasteiger partial charge in [-0.25, -0.2) is 4.68 Å². The fourth-order valence-electron chi connectivity index (χ4n) is 2.47. The van der Waals surface area contributed by atoms with Crippen molar-refractivity contribution in [1.29, 1.82) is 0 Å². The zero-order valence-corrected chi connectivity index (χ0v) is 11.5. The monoisotopic (exact) mass is 275 g/mol. The molecule has 1 heterocycles. The second-order valence-corrected chi connectivity index (χ2v) is 5.84. The van der Waals surface area contributed by atoms with Gasteiger partial charge in [-0.1, -0.05) is 25.0 Å². The number of nitrogens with two attached hydrogens (primary N) is 1. The Bertz CT molecular complexity index is 547. The van der Waals surface area contributed by atoms with Gasteiger partial charge in [-0.3, -0.25) is 0 Å². The van der Waals surface area contributed by atoms with Gasteiger partial charge in [0.15, 0.2) is 0 Å². The minimum absolute atomic E-state index is 0.468. The van der Waals surface area contributed by atoms with E-state index in [1.807, 2.05) is 16.8 Å². The summed E-state index contributed by atoms with van der Waals surface area (Å²) < 4.78 is 1.98. The van der Waals surface area contributed by atoms with Crippen molar-refractivity contribution in [3.63, 3.8) is 0 Å². The Morgan fingerprint density at radius 2 is 2.16 bits per heavy atom. The van der Waals surface area contributed by atoms with Gasteiger partial charge in [-0.05, 0) is 52.7 Å². The summed E-state index contributed by atoms with van der Waals surface area (Å²) in [5, 5.41) is 13.0. The van der Waals surface area contributed by atoms with E-state index < -0.39 is 0 Å². The topological polar surface area (TPSA) is 69.6 Å². The highest BCUT2D eigenvalue weighted by Gasteiger charge is 2.21. The van der Waals surface area contributed by atoms with Crippen LogP contribution in [0.2, 0.25) is 0 Å². The molecule has 3 rings (SSSR count). The maximum absolute atomic E-state index is 5.67. The largest absolute Gasteiger partial charge is 0.326 e. The van der Waals surface area contributed by atoms with E-state index in [4.69, 9.17) is 5.73 Å². The van der Waals surface area contributed by atoms with Gasteiger partial charge in [0.25, 0.3) is 0 Å². The number of aromatic nitrogens is 4. The van der Waals surface area contributed by atoms with Gasteiger partial charge < -0.3 is 5.73 Å². The Morgan fingerprint density at radius 1 is 1.32 bits per heavy atom. The first kappa shape index (κ1) is 12.6. The lowest BCUT2D eigenvalue weighted by Gasteiger charge is -2.10. The molecule has 0 atom stereocenters. The van der Waals surface area contributed by atoms with Crippen molar-refractivity contribution in [3.05, 3.63) is 29.8 Å². The minimum atomic E-state index is 0.468. The van der Waals surface area contributed by atoms with Gasteiger partial charge in [-0.15, -0.1) is 5.10 Å². The maximum Gasteiger partial charge on any atom is 0.214 e. The predicted molar refractivity (Wildman–Crippen MR) is 73.8 cm³/mol. The van der Waals surface area contributed by atoms with E-state index in [0.717, 1.165) is 15.6 Å². The molecule has 100 valence electrons. The summed E-state index contributed by atoms with van der Waals surface area (Å²) in [6.45, 7) is 0.558. The smallest absolute Gasteiger partial charge is 0.214 e. The first-order valence-corrected chi connectivity index (χ1v) is 7.43. The molecule has 0 unspecified atom stereocenters. The molecule has 1 saturated carbocycles. The van der Waals surface area contributed by atoms with E-state index in [1.54, 1.807) is 11.8 Å². The van der Waals surface area contributed by atoms with E-state index in [2.05, 4.69) is 27.7 Å². The number of benzene rings is 1. The second kappa shape index (κ2) is 5.71. The summed E-state index contributed by atoms with van der Waals surface area (Å²) in [7, 11) is 0. The molecule has 0 amide bonds. The molecule has 6 heteroatoms. The summed E-state index contributed by atoms with van der Waals surface area (Å²) in [5.74, 6) is 0. The molecule has 1 fully saturated rings. The summed E-state index contributed by atoms with van der Waals surface area (Å²) in [6.07, 6.45) is 4.91. The summed E-state index contributed by atoms with van der Waals surface area (Å²) in [6, 6.07) is 8.68. The van der Waals surface area contributed by atoms with Crippen LogP contribution in [-0.2, 0) is 6.54 Å². The SMILES string of the molecule is NCc1cccc(Sc2nnnn2C2CCCC2)c1. The number of hydrogen-bond donors (Lipinski definition) is 1. The maximum atomic E-state index is 5.67. The van der Waals surface area contributed by atoms with Crippen LogP contribution in [0.3, 0.4) is 0 Å². The molecule has 0 spiro atoms. The molecule has 0 saturated heterocycles. The molecule has 0 radical (unpaired) electrons. The Hall–Kier alpha value is -1.40. The molecule has 2 N–H and O–H groups in total. The molecule has 1 aliphatic carbocycles. The van der Waals surface area contributed by atoms with Gasteiger partial charge in [0.05, 0.1) is 6.04 Å². The van der Waals surface area contributed by atoms with Crippen molar-refractivity contribution in [1.82, 2.24) is 20.2 Å². The van der Waals surface area contributed by atoms with E-state index >= 15 is 0 Å². The van der Waals surface area contributed by atoms with E-state index in [-0.39, 0.29) is 0 Å². The molecular weight excluding hydrogens is 258 g/mol. The minimum Gasteiger partial charge on any atom is -0.326 e. The van der Waals surface area contributed by atoms with E-state index in [9.17, 15) is 0 Å². The number of tetrazole rings is 1. The molecule has 1 aliphatic rings. The van der Waals surface area contributed by atoms with Crippen molar-refractivity contribution < 1.29 is 0 Å². The van der Waals surface area contributed by atoms with Crippen LogP contribution in [0.5, 0.6) is 0 Å². The van der Waals surface area contributed by atoms with Gasteiger partial charge in [0, 0.05) is 11.4 Å². The highest BCUT2D eigenvalue weighted by atomic mass is 32.2. The number of hydrogen-bond acceptors (Lipinski definition) is 5. The van der Waals surface area contributed by atoms with Crippen LogP contribution in [-0.4, -0.2) is 20.2 Å². The standard InChI is InChI=1S/C13H17N5S/c14-9-10-4-3-7-12(8-10)19-13-15-16-17-18(13)11-5-1-2-6-11/h3-4,7-8,11H,1-2,5-6,9,14H2. The van der Waals surface area contributed by atoms with Crippen LogP contribution in [0.1, 0.15) is 37.3 Å².